The summed E-state index contributed by atoms with van der Waals surface area (Å²) in [5, 5.41) is 11.1. The maximum absolute atomic E-state index is 13.9. The summed E-state index contributed by atoms with van der Waals surface area (Å²) in [5.74, 6) is -0.0546. The molecule has 0 saturated heterocycles. The summed E-state index contributed by atoms with van der Waals surface area (Å²) in [4.78, 5) is 42.9. The summed E-state index contributed by atoms with van der Waals surface area (Å²) in [6, 6.07) is 15.9. The van der Waals surface area contributed by atoms with Gasteiger partial charge in [-0.1, -0.05) is 47.7 Å². The third-order valence-corrected chi connectivity index (χ3v) is 7.15. The van der Waals surface area contributed by atoms with Crippen molar-refractivity contribution in [2.75, 3.05) is 20.8 Å². The number of ether oxygens (including phenoxy) is 3. The van der Waals surface area contributed by atoms with Crippen molar-refractivity contribution >= 4 is 35.0 Å². The Morgan fingerprint density at radius 1 is 1.12 bits per heavy atom. The van der Waals surface area contributed by atoms with Crippen LogP contribution in [0.3, 0.4) is 0 Å². The van der Waals surface area contributed by atoms with Crippen molar-refractivity contribution in [2.45, 2.75) is 13.0 Å². The lowest BCUT2D eigenvalue weighted by Crippen LogP contribution is -2.40. The second-order valence-corrected chi connectivity index (χ2v) is 9.49. The molecule has 2 aromatic carbocycles. The zero-order valence-electron chi connectivity index (χ0n) is 21.7. The smallest absolute Gasteiger partial charge is 0.433 e. The average molecular weight is 562 g/mol. The molecule has 11 nitrogen and oxygen atoms in total. The molecule has 4 aromatic rings. The number of fused-ring (bicyclic) bond motifs is 1. The minimum absolute atomic E-state index is 0.116. The van der Waals surface area contributed by atoms with Crippen LogP contribution in [-0.4, -0.2) is 36.3 Å². The Balaban J connectivity index is 1.82. The standard InChI is InChI=1S/C28H23N3O8S/c1-4-38-27(33)23-24(16-8-6-5-7-9-16)29-28-30(25(23)17-10-12-19(36-2)20(14-17)37-3)26(32)21(40-28)15-18-11-13-22(39-18)31(34)35/h5-15,25H,4H2,1-3H3/b21-15-/t25-/m1/s1. The highest BCUT2D eigenvalue weighted by molar-refractivity contribution is 7.07. The van der Waals surface area contributed by atoms with Gasteiger partial charge in [0.2, 0.25) is 0 Å². The first-order valence-corrected chi connectivity index (χ1v) is 12.9. The summed E-state index contributed by atoms with van der Waals surface area (Å²) in [5.41, 5.74) is 1.30. The molecule has 204 valence electrons. The fraction of sp³-hybridized carbons (Fsp3) is 0.179. The van der Waals surface area contributed by atoms with Crippen LogP contribution in [0.1, 0.15) is 29.9 Å². The second-order valence-electron chi connectivity index (χ2n) is 8.48. The van der Waals surface area contributed by atoms with Gasteiger partial charge in [-0.2, -0.15) is 0 Å². The van der Waals surface area contributed by atoms with Gasteiger partial charge in [0.05, 0.1) is 48.7 Å². The number of thiazole rings is 1. The lowest BCUT2D eigenvalue weighted by atomic mass is 9.93. The van der Waals surface area contributed by atoms with E-state index in [0.717, 1.165) is 11.3 Å². The Hall–Kier alpha value is -4.97. The lowest BCUT2D eigenvalue weighted by molar-refractivity contribution is -0.402. The number of carbonyl (C=O) groups excluding carboxylic acids is 1. The van der Waals surface area contributed by atoms with Gasteiger partial charge < -0.3 is 18.6 Å². The molecule has 0 saturated carbocycles. The van der Waals surface area contributed by atoms with E-state index in [-0.39, 0.29) is 22.5 Å². The third-order valence-electron chi connectivity index (χ3n) is 6.16. The molecule has 1 aliphatic heterocycles. The number of nitrogens with zero attached hydrogens (tertiary/aromatic N) is 3. The number of hydrogen-bond acceptors (Lipinski definition) is 10. The summed E-state index contributed by atoms with van der Waals surface area (Å²) in [6.07, 6.45) is 1.42. The number of hydrogen-bond donors (Lipinski definition) is 0. The molecule has 1 aliphatic rings. The van der Waals surface area contributed by atoms with Gasteiger partial charge in [-0.3, -0.25) is 19.5 Å². The van der Waals surface area contributed by atoms with Gasteiger partial charge >= 0.3 is 11.9 Å². The Kier molecular flexibility index (Phi) is 7.34. The highest BCUT2D eigenvalue weighted by Crippen LogP contribution is 2.38. The Bertz CT molecular complexity index is 1820. The van der Waals surface area contributed by atoms with Crippen LogP contribution in [0.5, 0.6) is 11.5 Å². The molecule has 1 atom stereocenters. The molecule has 0 amide bonds. The van der Waals surface area contributed by atoms with Gasteiger partial charge in [0.15, 0.2) is 16.3 Å². The van der Waals surface area contributed by atoms with Crippen LogP contribution in [0.25, 0.3) is 11.8 Å². The monoisotopic (exact) mass is 561 g/mol. The van der Waals surface area contributed by atoms with E-state index in [0.29, 0.717) is 33.1 Å². The molecule has 40 heavy (non-hydrogen) atoms. The van der Waals surface area contributed by atoms with E-state index in [4.69, 9.17) is 23.6 Å². The van der Waals surface area contributed by atoms with Crippen molar-refractivity contribution in [1.82, 2.24) is 4.57 Å². The number of benzene rings is 2. The number of carbonyl (C=O) groups is 1. The molecule has 12 heteroatoms. The quantitative estimate of drug-likeness (QED) is 0.181. The molecule has 0 spiro atoms. The molecule has 0 fully saturated rings. The van der Waals surface area contributed by atoms with E-state index in [1.165, 1.54) is 37.0 Å². The molecular weight excluding hydrogens is 538 g/mol. The average Bonchev–Trinajstić information content (AvgIpc) is 3.56. The fourth-order valence-corrected chi connectivity index (χ4v) is 5.41. The van der Waals surface area contributed by atoms with Crippen LogP contribution < -0.4 is 24.4 Å². The predicted octanol–water partition coefficient (Wildman–Crippen LogP) is 3.45. The van der Waals surface area contributed by atoms with E-state index in [1.807, 2.05) is 30.3 Å². The summed E-state index contributed by atoms with van der Waals surface area (Å²) < 4.78 is 23.2. The molecule has 0 unspecified atom stereocenters. The second kappa shape index (κ2) is 11.0. The minimum Gasteiger partial charge on any atom is -0.493 e. The van der Waals surface area contributed by atoms with Crippen LogP contribution in [0.4, 0.5) is 5.88 Å². The largest absolute Gasteiger partial charge is 0.493 e. The van der Waals surface area contributed by atoms with Crippen molar-refractivity contribution in [2.24, 2.45) is 4.99 Å². The van der Waals surface area contributed by atoms with E-state index >= 15 is 0 Å². The molecule has 0 bridgehead atoms. The lowest BCUT2D eigenvalue weighted by Gasteiger charge is -2.26. The third kappa shape index (κ3) is 4.80. The Labute approximate surface area is 231 Å². The molecule has 0 N–H and O–H groups in total. The van der Waals surface area contributed by atoms with Gasteiger partial charge in [-0.05, 0) is 30.7 Å². The van der Waals surface area contributed by atoms with Crippen molar-refractivity contribution in [3.8, 4) is 11.5 Å². The number of esters is 1. The van der Waals surface area contributed by atoms with Crippen LogP contribution >= 0.6 is 11.3 Å². The Morgan fingerprint density at radius 3 is 2.52 bits per heavy atom. The van der Waals surface area contributed by atoms with Gasteiger partial charge in [0.1, 0.15) is 10.7 Å². The number of aromatic nitrogens is 1. The SMILES string of the molecule is CCOC(=O)C1=C(c2ccccc2)N=c2s/c(=C\c3ccc([N+](=O)[O-])o3)c(=O)n2[C@@H]1c1ccc(OC)c(OC)c1. The predicted molar refractivity (Wildman–Crippen MR) is 146 cm³/mol. The Morgan fingerprint density at radius 2 is 1.88 bits per heavy atom. The molecule has 0 aliphatic carbocycles. The normalized spacial score (nSPS) is 14.9. The maximum atomic E-state index is 13.9. The highest BCUT2D eigenvalue weighted by atomic mass is 32.1. The van der Waals surface area contributed by atoms with Crippen molar-refractivity contribution in [3.63, 3.8) is 0 Å². The van der Waals surface area contributed by atoms with E-state index in [9.17, 15) is 19.7 Å². The van der Waals surface area contributed by atoms with Crippen molar-refractivity contribution in [1.29, 1.82) is 0 Å². The van der Waals surface area contributed by atoms with Crippen LogP contribution in [0, 0.1) is 10.1 Å². The molecule has 0 radical (unpaired) electrons. The molecule has 2 aromatic heterocycles. The summed E-state index contributed by atoms with van der Waals surface area (Å²) >= 11 is 1.07. The summed E-state index contributed by atoms with van der Waals surface area (Å²) in [6.45, 7) is 1.81. The van der Waals surface area contributed by atoms with Gasteiger partial charge in [-0.25, -0.2) is 9.79 Å². The minimum atomic E-state index is -0.932. The van der Waals surface area contributed by atoms with Gasteiger partial charge in [0.25, 0.3) is 5.56 Å². The first-order valence-electron chi connectivity index (χ1n) is 12.1. The topological polar surface area (TPSA) is 135 Å². The van der Waals surface area contributed by atoms with Crippen LogP contribution in [0.15, 0.2) is 80.4 Å². The number of nitro groups is 1. The van der Waals surface area contributed by atoms with E-state index in [2.05, 4.69) is 0 Å². The maximum Gasteiger partial charge on any atom is 0.433 e. The highest BCUT2D eigenvalue weighted by Gasteiger charge is 2.35. The van der Waals surface area contributed by atoms with Crippen LogP contribution in [-0.2, 0) is 9.53 Å². The number of methoxy groups -OCH3 is 2. The zero-order valence-corrected chi connectivity index (χ0v) is 22.5. The van der Waals surface area contributed by atoms with Crippen molar-refractivity contribution < 1.29 is 28.3 Å². The van der Waals surface area contributed by atoms with E-state index in [1.54, 1.807) is 25.1 Å². The number of rotatable bonds is 8. The molecular formula is C28H23N3O8S. The molecule has 5 rings (SSSR count). The van der Waals surface area contributed by atoms with Gasteiger partial charge in [-0.15, -0.1) is 0 Å². The van der Waals surface area contributed by atoms with Crippen molar-refractivity contribution in [3.05, 3.63) is 113 Å². The van der Waals surface area contributed by atoms with Gasteiger partial charge in [0, 0.05) is 11.6 Å². The van der Waals surface area contributed by atoms with E-state index < -0.39 is 28.4 Å². The van der Waals surface area contributed by atoms with Crippen LogP contribution in [0.2, 0.25) is 0 Å². The zero-order chi connectivity index (χ0) is 28.4. The molecule has 3 heterocycles. The first-order chi connectivity index (χ1) is 19.4. The fourth-order valence-electron chi connectivity index (χ4n) is 4.43. The summed E-state index contributed by atoms with van der Waals surface area (Å²) in [7, 11) is 3.00. The number of furan rings is 1. The first kappa shape index (κ1) is 26.6.